The minimum absolute atomic E-state index is 0.386. The minimum Gasteiger partial charge on any atom is -0.323 e. The molecule has 2 aromatic rings. The number of halogens is 3. The molecule has 0 unspecified atom stereocenters. The molecule has 0 bridgehead atoms. The second-order valence-corrected chi connectivity index (χ2v) is 5.17. The summed E-state index contributed by atoms with van der Waals surface area (Å²) in [5.74, 6) is -4.83. The number of hydrogen-bond acceptors (Lipinski definition) is 1. The van der Waals surface area contributed by atoms with Gasteiger partial charge >= 0.3 is 0 Å². The summed E-state index contributed by atoms with van der Waals surface area (Å²) in [6.07, 6.45) is 0. The summed E-state index contributed by atoms with van der Waals surface area (Å²) in [6, 6.07) is 10.7. The van der Waals surface area contributed by atoms with Crippen molar-refractivity contribution in [2.75, 3.05) is 5.32 Å². The van der Waals surface area contributed by atoms with Crippen LogP contribution >= 0.6 is 0 Å². The lowest BCUT2D eigenvalue weighted by Crippen LogP contribution is -2.35. The van der Waals surface area contributed by atoms with Gasteiger partial charge in [-0.05, 0) is 31.5 Å². The van der Waals surface area contributed by atoms with E-state index in [9.17, 15) is 18.0 Å². The molecule has 0 saturated carbocycles. The quantitative estimate of drug-likeness (QED) is 0.851. The van der Waals surface area contributed by atoms with Crippen molar-refractivity contribution in [3.05, 3.63) is 65.5 Å². The zero-order valence-electron chi connectivity index (χ0n) is 11.6. The molecule has 5 heteroatoms. The third-order valence-corrected chi connectivity index (χ3v) is 3.35. The summed E-state index contributed by atoms with van der Waals surface area (Å²) in [4.78, 5) is 12.3. The van der Waals surface area contributed by atoms with E-state index in [0.29, 0.717) is 0 Å². The van der Waals surface area contributed by atoms with Crippen molar-refractivity contribution < 1.29 is 18.0 Å². The maximum atomic E-state index is 13.6. The van der Waals surface area contributed by atoms with E-state index in [1.54, 1.807) is 38.1 Å². The molecule has 2 nitrogen and oxygen atoms in total. The topological polar surface area (TPSA) is 29.1 Å². The van der Waals surface area contributed by atoms with Gasteiger partial charge in [-0.2, -0.15) is 0 Å². The molecule has 21 heavy (non-hydrogen) atoms. The maximum Gasteiger partial charge on any atom is 0.234 e. The number of carbonyl (C=O) groups is 1. The molecule has 0 aliphatic rings. The second kappa shape index (κ2) is 5.60. The number of benzene rings is 2. The second-order valence-electron chi connectivity index (χ2n) is 5.17. The summed E-state index contributed by atoms with van der Waals surface area (Å²) < 4.78 is 39.6. The van der Waals surface area contributed by atoms with E-state index in [4.69, 9.17) is 0 Å². The van der Waals surface area contributed by atoms with E-state index in [2.05, 4.69) is 5.32 Å². The standard InChI is InChI=1S/C16H14F3NO/c1-16(2,10-6-4-3-5-7-10)15(21)20-12-9-8-11(17)13(18)14(12)19/h3-9H,1-2H3,(H,20,21). The molecule has 0 atom stereocenters. The van der Waals surface area contributed by atoms with Crippen molar-refractivity contribution in [3.8, 4) is 0 Å². The molecule has 0 fully saturated rings. The van der Waals surface area contributed by atoms with Crippen LogP contribution < -0.4 is 5.32 Å². The zero-order valence-corrected chi connectivity index (χ0v) is 11.6. The van der Waals surface area contributed by atoms with Gasteiger partial charge in [-0.15, -0.1) is 0 Å². The Kier molecular flexibility index (Phi) is 4.02. The largest absolute Gasteiger partial charge is 0.323 e. The van der Waals surface area contributed by atoms with Gasteiger partial charge in [0.1, 0.15) is 0 Å². The third-order valence-electron chi connectivity index (χ3n) is 3.35. The molecule has 110 valence electrons. The molecule has 0 aliphatic carbocycles. The van der Waals surface area contributed by atoms with Crippen LogP contribution in [0.15, 0.2) is 42.5 Å². The van der Waals surface area contributed by atoms with Crippen LogP contribution in [0.3, 0.4) is 0 Å². The van der Waals surface area contributed by atoms with Crippen molar-refractivity contribution in [2.24, 2.45) is 0 Å². The van der Waals surface area contributed by atoms with Gasteiger partial charge in [-0.3, -0.25) is 4.79 Å². The lowest BCUT2D eigenvalue weighted by atomic mass is 9.83. The number of nitrogens with one attached hydrogen (secondary N) is 1. The van der Waals surface area contributed by atoms with Crippen molar-refractivity contribution in [1.29, 1.82) is 0 Å². The molecule has 0 radical (unpaired) electrons. The Morgan fingerprint density at radius 2 is 1.57 bits per heavy atom. The lowest BCUT2D eigenvalue weighted by Gasteiger charge is -2.24. The fraction of sp³-hybridized carbons (Fsp3) is 0.188. The predicted octanol–water partition coefficient (Wildman–Crippen LogP) is 4.02. The molecule has 0 heterocycles. The molecule has 0 aromatic heterocycles. The Morgan fingerprint density at radius 1 is 0.952 bits per heavy atom. The van der Waals surface area contributed by atoms with E-state index in [-0.39, 0.29) is 5.69 Å². The van der Waals surface area contributed by atoms with Crippen LogP contribution in [0, 0.1) is 17.5 Å². The third kappa shape index (κ3) is 2.91. The molecule has 1 N–H and O–H groups in total. The maximum absolute atomic E-state index is 13.6. The first-order chi connectivity index (χ1) is 9.84. The number of anilines is 1. The highest BCUT2D eigenvalue weighted by Gasteiger charge is 2.30. The summed E-state index contributed by atoms with van der Waals surface area (Å²) in [5.41, 5.74) is -0.605. The van der Waals surface area contributed by atoms with Crippen molar-refractivity contribution in [1.82, 2.24) is 0 Å². The molecule has 0 saturated heterocycles. The average molecular weight is 293 g/mol. The lowest BCUT2D eigenvalue weighted by molar-refractivity contribution is -0.120. The number of carbonyl (C=O) groups excluding carboxylic acids is 1. The number of hydrogen-bond donors (Lipinski definition) is 1. The summed E-state index contributed by atoms with van der Waals surface area (Å²) >= 11 is 0. The van der Waals surface area contributed by atoms with E-state index >= 15 is 0 Å². The van der Waals surface area contributed by atoms with Gasteiger partial charge in [0.25, 0.3) is 0 Å². The number of rotatable bonds is 3. The van der Waals surface area contributed by atoms with Crippen LogP contribution in [0.1, 0.15) is 19.4 Å². The van der Waals surface area contributed by atoms with Crippen LogP contribution in [-0.2, 0) is 10.2 Å². The Balaban J connectivity index is 2.28. The molecular weight excluding hydrogens is 279 g/mol. The van der Waals surface area contributed by atoms with Gasteiger partial charge in [0.15, 0.2) is 17.5 Å². The van der Waals surface area contributed by atoms with Crippen molar-refractivity contribution >= 4 is 11.6 Å². The highest BCUT2D eigenvalue weighted by Crippen LogP contribution is 2.26. The molecule has 0 aliphatic heterocycles. The van der Waals surface area contributed by atoms with Crippen LogP contribution in [0.2, 0.25) is 0 Å². The van der Waals surface area contributed by atoms with E-state index in [1.165, 1.54) is 0 Å². The highest BCUT2D eigenvalue weighted by atomic mass is 19.2. The van der Waals surface area contributed by atoms with Gasteiger partial charge in [0, 0.05) is 0 Å². The monoisotopic (exact) mass is 293 g/mol. The van der Waals surface area contributed by atoms with Crippen LogP contribution in [-0.4, -0.2) is 5.91 Å². The van der Waals surface area contributed by atoms with Crippen LogP contribution in [0.4, 0.5) is 18.9 Å². The Hall–Kier alpha value is -2.30. The van der Waals surface area contributed by atoms with Gasteiger partial charge in [-0.1, -0.05) is 30.3 Å². The summed E-state index contributed by atoms with van der Waals surface area (Å²) in [7, 11) is 0. The van der Waals surface area contributed by atoms with E-state index in [0.717, 1.165) is 17.7 Å². The molecule has 2 aromatic carbocycles. The first-order valence-corrected chi connectivity index (χ1v) is 6.34. The van der Waals surface area contributed by atoms with Crippen LogP contribution in [0.5, 0.6) is 0 Å². The predicted molar refractivity (Wildman–Crippen MR) is 74.4 cm³/mol. The summed E-state index contributed by atoms with van der Waals surface area (Å²) in [5, 5.41) is 2.30. The SMILES string of the molecule is CC(C)(C(=O)Nc1ccc(F)c(F)c1F)c1ccccc1. The average Bonchev–Trinajstić information content (AvgIpc) is 2.48. The smallest absolute Gasteiger partial charge is 0.234 e. The number of amides is 1. The van der Waals surface area contributed by atoms with Gasteiger partial charge < -0.3 is 5.32 Å². The summed E-state index contributed by atoms with van der Waals surface area (Å²) in [6.45, 7) is 3.32. The molecule has 2 rings (SSSR count). The first kappa shape index (κ1) is 15.1. The van der Waals surface area contributed by atoms with Crippen molar-refractivity contribution in [2.45, 2.75) is 19.3 Å². The minimum atomic E-state index is -1.61. The fourth-order valence-electron chi connectivity index (χ4n) is 1.89. The van der Waals surface area contributed by atoms with Crippen LogP contribution in [0.25, 0.3) is 0 Å². The zero-order chi connectivity index (χ0) is 15.6. The van der Waals surface area contributed by atoms with Gasteiger partial charge in [-0.25, -0.2) is 13.2 Å². The molecular formula is C16H14F3NO. The highest BCUT2D eigenvalue weighted by molar-refractivity contribution is 5.98. The van der Waals surface area contributed by atoms with E-state index < -0.39 is 28.8 Å². The Morgan fingerprint density at radius 3 is 2.19 bits per heavy atom. The molecule has 0 spiro atoms. The van der Waals surface area contributed by atoms with Crippen molar-refractivity contribution in [3.63, 3.8) is 0 Å². The van der Waals surface area contributed by atoms with E-state index in [1.807, 2.05) is 6.07 Å². The Labute approximate surface area is 120 Å². The normalized spacial score (nSPS) is 11.3. The van der Waals surface area contributed by atoms with Gasteiger partial charge in [0.2, 0.25) is 5.91 Å². The molecule has 1 amide bonds. The fourth-order valence-corrected chi connectivity index (χ4v) is 1.89. The Bertz CT molecular complexity index is 669. The van der Waals surface area contributed by atoms with Gasteiger partial charge in [0.05, 0.1) is 11.1 Å². The first-order valence-electron chi connectivity index (χ1n) is 6.34.